The van der Waals surface area contributed by atoms with Crippen LogP contribution in [-0.4, -0.2) is 26.0 Å². The summed E-state index contributed by atoms with van der Waals surface area (Å²) in [6.07, 6.45) is 0.706. The number of benzene rings is 1. The van der Waals surface area contributed by atoms with E-state index in [1.54, 1.807) is 0 Å². The van der Waals surface area contributed by atoms with Crippen molar-refractivity contribution in [3.8, 4) is 0 Å². The average molecular weight is 318 g/mol. The highest BCUT2D eigenvalue weighted by Crippen LogP contribution is 2.27. The summed E-state index contributed by atoms with van der Waals surface area (Å²) in [6.45, 7) is 4.06. The van der Waals surface area contributed by atoms with E-state index in [1.165, 1.54) is 0 Å². The van der Waals surface area contributed by atoms with E-state index < -0.39 is 9.84 Å². The van der Waals surface area contributed by atoms with Crippen LogP contribution in [0.2, 0.25) is 0 Å². The molecule has 0 saturated carbocycles. The van der Waals surface area contributed by atoms with Crippen molar-refractivity contribution in [3.05, 3.63) is 27.7 Å². The Kier molecular flexibility index (Phi) is 3.50. The lowest BCUT2D eigenvalue weighted by Gasteiger charge is -2.17. The van der Waals surface area contributed by atoms with E-state index in [-0.39, 0.29) is 11.8 Å². The minimum Gasteiger partial charge on any atom is -0.381 e. The molecule has 0 bridgehead atoms. The topological polar surface area (TPSA) is 46.2 Å². The van der Waals surface area contributed by atoms with E-state index in [0.717, 1.165) is 21.3 Å². The van der Waals surface area contributed by atoms with Gasteiger partial charge in [0.1, 0.15) is 0 Å². The Hall–Kier alpha value is -0.550. The second-order valence-corrected chi connectivity index (χ2v) is 7.80. The summed E-state index contributed by atoms with van der Waals surface area (Å²) >= 11 is 3.45. The predicted molar refractivity (Wildman–Crippen MR) is 74.3 cm³/mol. The zero-order valence-electron chi connectivity index (χ0n) is 9.96. The molecule has 0 spiro atoms. The highest BCUT2D eigenvalue weighted by Gasteiger charge is 2.28. The van der Waals surface area contributed by atoms with Gasteiger partial charge in [0.05, 0.1) is 11.5 Å². The quantitative estimate of drug-likeness (QED) is 0.912. The first kappa shape index (κ1) is 12.9. The van der Waals surface area contributed by atoms with Crippen molar-refractivity contribution in [2.24, 2.45) is 0 Å². The summed E-state index contributed by atoms with van der Waals surface area (Å²) in [5.74, 6) is 0.557. The van der Waals surface area contributed by atoms with Gasteiger partial charge in [-0.2, -0.15) is 0 Å². The summed E-state index contributed by atoms with van der Waals surface area (Å²) < 4.78 is 23.9. The molecule has 0 aliphatic carbocycles. The van der Waals surface area contributed by atoms with Gasteiger partial charge in [-0.3, -0.25) is 0 Å². The summed E-state index contributed by atoms with van der Waals surface area (Å²) in [6, 6.07) is 4.14. The molecular weight excluding hydrogens is 302 g/mol. The molecule has 5 heteroatoms. The Balaban J connectivity index is 2.20. The summed E-state index contributed by atoms with van der Waals surface area (Å²) in [5, 5.41) is 3.36. The van der Waals surface area contributed by atoms with Gasteiger partial charge in [0, 0.05) is 16.2 Å². The van der Waals surface area contributed by atoms with Crippen LogP contribution >= 0.6 is 15.9 Å². The maximum Gasteiger partial charge on any atom is 0.152 e. The van der Waals surface area contributed by atoms with E-state index in [9.17, 15) is 8.42 Å². The SMILES string of the molecule is Cc1cc(Br)cc(C)c1NC1CCS(=O)(=O)C1. The van der Waals surface area contributed by atoms with E-state index in [4.69, 9.17) is 0 Å². The molecular formula is C12H16BrNO2S. The zero-order chi connectivity index (χ0) is 12.6. The maximum absolute atomic E-state index is 11.4. The molecule has 1 N–H and O–H groups in total. The molecule has 1 atom stereocenters. The van der Waals surface area contributed by atoms with Crippen molar-refractivity contribution >= 4 is 31.5 Å². The Morgan fingerprint density at radius 3 is 2.35 bits per heavy atom. The van der Waals surface area contributed by atoms with Gasteiger partial charge >= 0.3 is 0 Å². The van der Waals surface area contributed by atoms with Crippen molar-refractivity contribution in [1.82, 2.24) is 0 Å². The van der Waals surface area contributed by atoms with Crippen molar-refractivity contribution in [2.75, 3.05) is 16.8 Å². The predicted octanol–water partition coefficient (Wildman–Crippen LogP) is 2.66. The van der Waals surface area contributed by atoms with Crippen LogP contribution < -0.4 is 5.32 Å². The molecule has 1 fully saturated rings. The molecule has 1 unspecified atom stereocenters. The Labute approximate surface area is 111 Å². The monoisotopic (exact) mass is 317 g/mol. The van der Waals surface area contributed by atoms with Crippen LogP contribution in [0.25, 0.3) is 0 Å². The first-order valence-electron chi connectivity index (χ1n) is 5.61. The molecule has 1 aliphatic rings. The molecule has 1 heterocycles. The fraction of sp³-hybridized carbons (Fsp3) is 0.500. The molecule has 3 nitrogen and oxygen atoms in total. The standard InChI is InChI=1S/C12H16BrNO2S/c1-8-5-10(13)6-9(2)12(8)14-11-3-4-17(15,16)7-11/h5-6,11,14H,3-4,7H2,1-2H3. The first-order valence-corrected chi connectivity index (χ1v) is 8.22. The largest absolute Gasteiger partial charge is 0.381 e. The number of aryl methyl sites for hydroxylation is 2. The van der Waals surface area contributed by atoms with Crippen LogP contribution in [-0.2, 0) is 9.84 Å². The van der Waals surface area contributed by atoms with Crippen LogP contribution in [0, 0.1) is 13.8 Å². The number of hydrogen-bond donors (Lipinski definition) is 1. The Bertz CT molecular complexity index is 516. The molecule has 0 amide bonds. The molecule has 94 valence electrons. The molecule has 17 heavy (non-hydrogen) atoms. The van der Waals surface area contributed by atoms with Crippen LogP contribution in [0.4, 0.5) is 5.69 Å². The molecule has 1 saturated heterocycles. The van der Waals surface area contributed by atoms with Crippen LogP contribution in [0.3, 0.4) is 0 Å². The van der Waals surface area contributed by atoms with Crippen LogP contribution in [0.1, 0.15) is 17.5 Å². The van der Waals surface area contributed by atoms with Gasteiger partial charge in [0.25, 0.3) is 0 Å². The van der Waals surface area contributed by atoms with Crippen LogP contribution in [0.15, 0.2) is 16.6 Å². The number of halogens is 1. The van der Waals surface area contributed by atoms with E-state index >= 15 is 0 Å². The van der Waals surface area contributed by atoms with Gasteiger partial charge in [-0.1, -0.05) is 15.9 Å². The lowest BCUT2D eigenvalue weighted by molar-refractivity contribution is 0.602. The zero-order valence-corrected chi connectivity index (χ0v) is 12.4. The van der Waals surface area contributed by atoms with Gasteiger partial charge < -0.3 is 5.32 Å². The van der Waals surface area contributed by atoms with Gasteiger partial charge in [0.15, 0.2) is 9.84 Å². The minimum atomic E-state index is -2.82. The molecule has 1 aromatic carbocycles. The molecule has 2 rings (SSSR count). The Morgan fingerprint density at radius 1 is 1.29 bits per heavy atom. The van der Waals surface area contributed by atoms with Gasteiger partial charge in [-0.05, 0) is 43.5 Å². The van der Waals surface area contributed by atoms with E-state index in [2.05, 4.69) is 21.2 Å². The number of sulfone groups is 1. The normalized spacial score (nSPS) is 22.6. The maximum atomic E-state index is 11.4. The second kappa shape index (κ2) is 4.61. The highest BCUT2D eigenvalue weighted by molar-refractivity contribution is 9.10. The molecule has 0 radical (unpaired) electrons. The fourth-order valence-corrected chi connectivity index (χ4v) is 4.61. The average Bonchev–Trinajstić information content (AvgIpc) is 2.52. The first-order chi connectivity index (χ1) is 7.87. The highest BCUT2D eigenvalue weighted by atomic mass is 79.9. The third-order valence-electron chi connectivity index (χ3n) is 3.08. The van der Waals surface area contributed by atoms with Crippen molar-refractivity contribution in [1.29, 1.82) is 0 Å². The summed E-state index contributed by atoms with van der Waals surface area (Å²) in [7, 11) is -2.82. The lowest BCUT2D eigenvalue weighted by atomic mass is 10.1. The third-order valence-corrected chi connectivity index (χ3v) is 5.30. The van der Waals surface area contributed by atoms with Crippen molar-refractivity contribution in [2.45, 2.75) is 26.3 Å². The van der Waals surface area contributed by atoms with Gasteiger partial charge in [-0.25, -0.2) is 8.42 Å². The summed E-state index contributed by atoms with van der Waals surface area (Å²) in [4.78, 5) is 0. The third kappa shape index (κ3) is 3.01. The number of anilines is 1. The smallest absolute Gasteiger partial charge is 0.152 e. The minimum absolute atomic E-state index is 0.0542. The molecule has 1 aromatic rings. The van der Waals surface area contributed by atoms with Gasteiger partial charge in [0.2, 0.25) is 0 Å². The number of nitrogens with one attached hydrogen (secondary N) is 1. The van der Waals surface area contributed by atoms with E-state index in [0.29, 0.717) is 12.2 Å². The van der Waals surface area contributed by atoms with Crippen LogP contribution in [0.5, 0.6) is 0 Å². The number of hydrogen-bond acceptors (Lipinski definition) is 3. The number of rotatable bonds is 2. The Morgan fingerprint density at radius 2 is 1.88 bits per heavy atom. The van der Waals surface area contributed by atoms with E-state index in [1.807, 2.05) is 26.0 Å². The summed E-state index contributed by atoms with van der Waals surface area (Å²) in [5.41, 5.74) is 3.35. The molecule has 1 aliphatic heterocycles. The fourth-order valence-electron chi connectivity index (χ4n) is 2.25. The second-order valence-electron chi connectivity index (χ2n) is 4.66. The van der Waals surface area contributed by atoms with Crippen molar-refractivity contribution < 1.29 is 8.42 Å². The van der Waals surface area contributed by atoms with Gasteiger partial charge in [-0.15, -0.1) is 0 Å². The lowest BCUT2D eigenvalue weighted by Crippen LogP contribution is -2.21. The molecule has 0 aromatic heterocycles. The van der Waals surface area contributed by atoms with Crippen molar-refractivity contribution in [3.63, 3.8) is 0 Å².